The van der Waals surface area contributed by atoms with E-state index in [1.54, 1.807) is 0 Å². The number of aliphatic imine (C=N–C) groups is 1. The summed E-state index contributed by atoms with van der Waals surface area (Å²) in [6.45, 7) is 0. The first-order valence-electron chi connectivity index (χ1n) is 8.03. The highest BCUT2D eigenvalue weighted by Crippen LogP contribution is 2.35. The molecule has 0 aliphatic carbocycles. The third kappa shape index (κ3) is 3.06. The Kier molecular flexibility index (Phi) is 4.06. The largest absolute Gasteiger partial charge is 0.376 e. The smallest absolute Gasteiger partial charge is 0.0864 e. The molecule has 1 aliphatic heterocycles. The van der Waals surface area contributed by atoms with Gasteiger partial charge in [0, 0.05) is 11.4 Å². The summed E-state index contributed by atoms with van der Waals surface area (Å²) < 4.78 is 0. The van der Waals surface area contributed by atoms with Gasteiger partial charge in [-0.2, -0.15) is 0 Å². The Morgan fingerprint density at radius 2 is 1.54 bits per heavy atom. The predicted molar refractivity (Wildman–Crippen MR) is 102 cm³/mol. The van der Waals surface area contributed by atoms with E-state index in [1.807, 2.05) is 48.5 Å². The first-order chi connectivity index (χ1) is 11.8. The van der Waals surface area contributed by atoms with Crippen LogP contribution in [0.2, 0.25) is 5.02 Å². The highest BCUT2D eigenvalue weighted by Gasteiger charge is 2.20. The lowest BCUT2D eigenvalue weighted by Gasteiger charge is -2.19. The van der Waals surface area contributed by atoms with E-state index in [0.717, 1.165) is 34.1 Å². The summed E-state index contributed by atoms with van der Waals surface area (Å²) in [5, 5.41) is 4.39. The molecule has 1 N–H and O–H groups in total. The quantitative estimate of drug-likeness (QED) is 0.610. The fourth-order valence-electron chi connectivity index (χ4n) is 3.03. The van der Waals surface area contributed by atoms with E-state index < -0.39 is 0 Å². The van der Waals surface area contributed by atoms with Crippen molar-refractivity contribution in [2.75, 3.05) is 5.32 Å². The van der Waals surface area contributed by atoms with Crippen molar-refractivity contribution in [3.63, 3.8) is 0 Å². The normalized spacial score (nSPS) is 16.5. The van der Waals surface area contributed by atoms with Crippen LogP contribution in [0.1, 0.15) is 23.6 Å². The lowest BCUT2D eigenvalue weighted by Crippen LogP contribution is -2.14. The van der Waals surface area contributed by atoms with Gasteiger partial charge >= 0.3 is 0 Å². The molecule has 3 heteroatoms. The van der Waals surface area contributed by atoms with Crippen LogP contribution in [0, 0.1) is 0 Å². The summed E-state index contributed by atoms with van der Waals surface area (Å²) in [5.74, 6) is 0. The molecular formula is C21H17ClN2. The molecular weight excluding hydrogens is 316 g/mol. The molecule has 3 aromatic rings. The second-order valence-corrected chi connectivity index (χ2v) is 6.33. The number of halogens is 1. The van der Waals surface area contributed by atoms with Crippen molar-refractivity contribution in [1.82, 2.24) is 0 Å². The second kappa shape index (κ2) is 6.50. The molecule has 24 heavy (non-hydrogen) atoms. The van der Waals surface area contributed by atoms with E-state index in [9.17, 15) is 0 Å². The zero-order chi connectivity index (χ0) is 16.4. The van der Waals surface area contributed by atoms with Crippen molar-refractivity contribution < 1.29 is 0 Å². The molecule has 3 aromatic carbocycles. The number of anilines is 1. The molecule has 0 amide bonds. The molecule has 4 rings (SSSR count). The van der Waals surface area contributed by atoms with Gasteiger partial charge in [-0.15, -0.1) is 0 Å². The van der Waals surface area contributed by atoms with Crippen molar-refractivity contribution in [3.05, 3.63) is 95.0 Å². The van der Waals surface area contributed by atoms with Crippen LogP contribution in [-0.4, -0.2) is 5.71 Å². The third-order valence-electron chi connectivity index (χ3n) is 4.27. The molecule has 2 nitrogen and oxygen atoms in total. The fourth-order valence-corrected chi connectivity index (χ4v) is 3.15. The summed E-state index contributed by atoms with van der Waals surface area (Å²) in [5.41, 5.74) is 5.48. The van der Waals surface area contributed by atoms with Gasteiger partial charge in [-0.3, -0.25) is 4.99 Å². The minimum Gasteiger partial charge on any atom is -0.376 e. The molecule has 0 radical (unpaired) electrons. The average molecular weight is 333 g/mol. The van der Waals surface area contributed by atoms with Crippen LogP contribution in [0.4, 0.5) is 11.4 Å². The van der Waals surface area contributed by atoms with E-state index in [0.29, 0.717) is 0 Å². The summed E-state index contributed by atoms with van der Waals surface area (Å²) in [7, 11) is 0. The molecule has 0 spiro atoms. The first kappa shape index (κ1) is 15.0. The number of nitrogens with one attached hydrogen (secondary N) is 1. The SMILES string of the molecule is Clc1ccc(C2=Nc3ccccc3NC(c3ccccc3)C2)cc1. The Hall–Kier alpha value is -2.58. The maximum atomic E-state index is 6.04. The van der Waals surface area contributed by atoms with Gasteiger partial charge in [0.2, 0.25) is 0 Å². The number of nitrogens with zero attached hydrogens (tertiary/aromatic N) is 1. The summed E-state index contributed by atoms with van der Waals surface area (Å²) in [6.07, 6.45) is 0.820. The number of hydrogen-bond acceptors (Lipinski definition) is 2. The zero-order valence-electron chi connectivity index (χ0n) is 13.1. The molecule has 0 saturated heterocycles. The zero-order valence-corrected chi connectivity index (χ0v) is 13.9. The van der Waals surface area contributed by atoms with Gasteiger partial charge in [-0.1, -0.05) is 66.2 Å². The van der Waals surface area contributed by atoms with Crippen molar-refractivity contribution in [2.24, 2.45) is 4.99 Å². The lowest BCUT2D eigenvalue weighted by molar-refractivity contribution is 0.828. The number of para-hydroxylation sites is 2. The Labute approximate surface area is 146 Å². The minimum absolute atomic E-state index is 0.185. The maximum absolute atomic E-state index is 6.04. The maximum Gasteiger partial charge on any atom is 0.0864 e. The van der Waals surface area contributed by atoms with E-state index in [2.05, 4.69) is 35.6 Å². The number of rotatable bonds is 2. The Balaban J connectivity index is 1.80. The van der Waals surface area contributed by atoms with Crippen LogP contribution in [-0.2, 0) is 0 Å². The molecule has 1 aliphatic rings. The van der Waals surface area contributed by atoms with Crippen LogP contribution in [0.15, 0.2) is 83.9 Å². The number of fused-ring (bicyclic) bond motifs is 1. The summed E-state index contributed by atoms with van der Waals surface area (Å²) >= 11 is 6.04. The third-order valence-corrected chi connectivity index (χ3v) is 4.52. The van der Waals surface area contributed by atoms with Crippen molar-refractivity contribution >= 4 is 28.7 Å². The highest BCUT2D eigenvalue weighted by atomic mass is 35.5. The van der Waals surface area contributed by atoms with E-state index in [1.165, 1.54) is 5.56 Å². The molecule has 118 valence electrons. The van der Waals surface area contributed by atoms with Crippen LogP contribution < -0.4 is 5.32 Å². The minimum atomic E-state index is 0.185. The van der Waals surface area contributed by atoms with Gasteiger partial charge in [0.1, 0.15) is 0 Å². The van der Waals surface area contributed by atoms with Crippen LogP contribution in [0.5, 0.6) is 0 Å². The van der Waals surface area contributed by atoms with E-state index >= 15 is 0 Å². The summed E-state index contributed by atoms with van der Waals surface area (Å²) in [6, 6.07) is 26.8. The van der Waals surface area contributed by atoms with Crippen molar-refractivity contribution in [1.29, 1.82) is 0 Å². The Morgan fingerprint density at radius 1 is 0.833 bits per heavy atom. The topological polar surface area (TPSA) is 24.4 Å². The average Bonchev–Trinajstić information content (AvgIpc) is 2.83. The molecule has 1 atom stereocenters. The fraction of sp³-hybridized carbons (Fsp3) is 0.0952. The molecule has 0 aromatic heterocycles. The van der Waals surface area contributed by atoms with Gasteiger partial charge in [0.05, 0.1) is 23.1 Å². The number of hydrogen-bond donors (Lipinski definition) is 1. The first-order valence-corrected chi connectivity index (χ1v) is 8.41. The van der Waals surface area contributed by atoms with Crippen LogP contribution in [0.3, 0.4) is 0 Å². The molecule has 0 saturated carbocycles. The number of benzene rings is 3. The van der Waals surface area contributed by atoms with Crippen molar-refractivity contribution in [2.45, 2.75) is 12.5 Å². The van der Waals surface area contributed by atoms with Gasteiger partial charge in [0.15, 0.2) is 0 Å². The van der Waals surface area contributed by atoms with E-state index in [4.69, 9.17) is 16.6 Å². The standard InChI is InChI=1S/C21H17ClN2/c22-17-12-10-16(11-13-17)21-14-20(15-6-2-1-3-7-15)23-18-8-4-5-9-19(18)24-21/h1-13,20,23H,14H2. The van der Waals surface area contributed by atoms with Crippen molar-refractivity contribution in [3.8, 4) is 0 Å². The molecule has 1 unspecified atom stereocenters. The monoisotopic (exact) mass is 332 g/mol. The second-order valence-electron chi connectivity index (χ2n) is 5.89. The van der Waals surface area contributed by atoms with Gasteiger partial charge in [-0.25, -0.2) is 0 Å². The van der Waals surface area contributed by atoms with Crippen LogP contribution in [0.25, 0.3) is 0 Å². The molecule has 0 bridgehead atoms. The van der Waals surface area contributed by atoms with E-state index in [-0.39, 0.29) is 6.04 Å². The van der Waals surface area contributed by atoms with Gasteiger partial charge in [0.25, 0.3) is 0 Å². The summed E-state index contributed by atoms with van der Waals surface area (Å²) in [4.78, 5) is 4.93. The predicted octanol–water partition coefficient (Wildman–Crippen LogP) is 6.02. The lowest BCUT2D eigenvalue weighted by atomic mass is 9.97. The Morgan fingerprint density at radius 3 is 2.33 bits per heavy atom. The molecule has 0 fully saturated rings. The van der Waals surface area contributed by atoms with Crippen LogP contribution >= 0.6 is 11.6 Å². The van der Waals surface area contributed by atoms with Gasteiger partial charge < -0.3 is 5.32 Å². The molecule has 1 heterocycles. The van der Waals surface area contributed by atoms with Gasteiger partial charge in [-0.05, 0) is 35.4 Å². The Bertz CT molecular complexity index is 870. The highest BCUT2D eigenvalue weighted by molar-refractivity contribution is 6.30.